The zero-order valence-electron chi connectivity index (χ0n) is 13.5. The largest absolute Gasteiger partial charge is 0.372 e. The maximum absolute atomic E-state index is 13.1. The van der Waals surface area contributed by atoms with Gasteiger partial charge in [-0.05, 0) is 67.3 Å². The van der Waals surface area contributed by atoms with Crippen LogP contribution >= 0.6 is 0 Å². The van der Waals surface area contributed by atoms with Crippen LogP contribution < -0.4 is 10.2 Å². The van der Waals surface area contributed by atoms with E-state index in [2.05, 4.69) is 10.2 Å². The van der Waals surface area contributed by atoms with Crippen LogP contribution in [0.3, 0.4) is 0 Å². The lowest BCUT2D eigenvalue weighted by molar-refractivity contribution is -0.111. The average Bonchev–Trinajstić information content (AvgIpc) is 2.61. The number of nitrogens with zero attached hydrogens (tertiary/aromatic N) is 1. The Hall–Kier alpha value is -2.62. The van der Waals surface area contributed by atoms with Gasteiger partial charge in [0.1, 0.15) is 5.82 Å². The fraction of sp³-hybridized carbons (Fsp3) is 0.250. The number of hydrogen-bond donors (Lipinski definition) is 1. The highest BCUT2D eigenvalue weighted by Crippen LogP contribution is 2.21. The lowest BCUT2D eigenvalue weighted by Gasteiger charge is -2.28. The van der Waals surface area contributed by atoms with Crippen molar-refractivity contribution < 1.29 is 9.18 Å². The van der Waals surface area contributed by atoms with Crippen LogP contribution in [0.5, 0.6) is 0 Å². The fourth-order valence-electron chi connectivity index (χ4n) is 2.87. The summed E-state index contributed by atoms with van der Waals surface area (Å²) in [6.45, 7) is 2.20. The van der Waals surface area contributed by atoms with Gasteiger partial charge in [-0.25, -0.2) is 4.39 Å². The number of halogens is 1. The first-order chi connectivity index (χ1) is 11.7. The van der Waals surface area contributed by atoms with Crippen LogP contribution in [-0.2, 0) is 4.79 Å². The van der Waals surface area contributed by atoms with Crippen molar-refractivity contribution in [1.29, 1.82) is 0 Å². The summed E-state index contributed by atoms with van der Waals surface area (Å²) in [5.74, 6) is -0.546. The number of piperidine rings is 1. The summed E-state index contributed by atoms with van der Waals surface area (Å²) >= 11 is 0. The molecule has 0 saturated carbocycles. The van der Waals surface area contributed by atoms with Gasteiger partial charge in [-0.1, -0.05) is 12.1 Å². The second kappa shape index (κ2) is 7.77. The Bertz CT molecular complexity index is 719. The number of carbonyl (C=O) groups is 1. The molecule has 2 aromatic rings. The normalized spacial score (nSPS) is 14.8. The summed E-state index contributed by atoms with van der Waals surface area (Å²) in [6, 6.07) is 14.0. The molecule has 1 N–H and O–H groups in total. The van der Waals surface area contributed by atoms with Crippen LogP contribution in [-0.4, -0.2) is 19.0 Å². The van der Waals surface area contributed by atoms with E-state index >= 15 is 0 Å². The average molecular weight is 324 g/mol. The third-order valence-corrected chi connectivity index (χ3v) is 4.13. The van der Waals surface area contributed by atoms with Gasteiger partial charge in [-0.2, -0.15) is 0 Å². The molecule has 4 heteroatoms. The summed E-state index contributed by atoms with van der Waals surface area (Å²) in [5.41, 5.74) is 2.61. The molecule has 0 spiro atoms. The molecule has 1 heterocycles. The molecule has 1 aliphatic rings. The summed E-state index contributed by atoms with van der Waals surface area (Å²) in [6.07, 6.45) is 6.79. The first-order valence-corrected chi connectivity index (χ1v) is 8.30. The molecular weight excluding hydrogens is 303 g/mol. The number of rotatable bonds is 4. The Morgan fingerprint density at radius 2 is 1.79 bits per heavy atom. The minimum absolute atomic E-state index is 0.231. The van der Waals surface area contributed by atoms with Crippen LogP contribution in [0.1, 0.15) is 24.8 Å². The smallest absolute Gasteiger partial charge is 0.248 e. The molecule has 0 unspecified atom stereocenters. The summed E-state index contributed by atoms with van der Waals surface area (Å²) in [7, 11) is 0. The predicted octanol–water partition coefficient (Wildman–Crippen LogP) is 4.47. The van der Waals surface area contributed by atoms with Crippen molar-refractivity contribution >= 4 is 23.4 Å². The van der Waals surface area contributed by atoms with Crippen molar-refractivity contribution in [3.8, 4) is 0 Å². The topological polar surface area (TPSA) is 32.3 Å². The monoisotopic (exact) mass is 324 g/mol. The Morgan fingerprint density at radius 3 is 2.50 bits per heavy atom. The van der Waals surface area contributed by atoms with Crippen molar-refractivity contribution in [3.63, 3.8) is 0 Å². The molecular formula is C20H21FN2O. The quantitative estimate of drug-likeness (QED) is 0.842. The van der Waals surface area contributed by atoms with Gasteiger partial charge in [0.05, 0.1) is 0 Å². The standard InChI is InChI=1S/C20H21FN2O/c21-17-6-4-5-16(15-17)7-12-20(24)22-18-8-10-19(11-9-18)23-13-2-1-3-14-23/h4-12,15H,1-3,13-14H2,(H,22,24)/b12-7+. The first-order valence-electron chi connectivity index (χ1n) is 8.30. The van der Waals surface area contributed by atoms with Crippen molar-refractivity contribution in [2.75, 3.05) is 23.3 Å². The molecule has 3 nitrogen and oxygen atoms in total. The molecule has 0 aliphatic carbocycles. The van der Waals surface area contributed by atoms with E-state index in [4.69, 9.17) is 0 Å². The molecule has 0 atom stereocenters. The maximum atomic E-state index is 13.1. The zero-order valence-corrected chi connectivity index (χ0v) is 13.5. The Morgan fingerprint density at radius 1 is 1.04 bits per heavy atom. The Kier molecular flexibility index (Phi) is 5.26. The molecule has 24 heavy (non-hydrogen) atoms. The van der Waals surface area contributed by atoms with Gasteiger partial charge < -0.3 is 10.2 Å². The van der Waals surface area contributed by atoms with E-state index in [9.17, 15) is 9.18 Å². The Balaban J connectivity index is 1.58. The van der Waals surface area contributed by atoms with Gasteiger partial charge in [0, 0.05) is 30.5 Å². The summed E-state index contributed by atoms with van der Waals surface area (Å²) < 4.78 is 13.1. The number of nitrogens with one attached hydrogen (secondary N) is 1. The SMILES string of the molecule is O=C(/C=C/c1cccc(F)c1)Nc1ccc(N2CCCCC2)cc1. The van der Waals surface area contributed by atoms with E-state index in [-0.39, 0.29) is 11.7 Å². The van der Waals surface area contributed by atoms with E-state index < -0.39 is 0 Å². The van der Waals surface area contributed by atoms with E-state index in [1.165, 1.54) is 43.2 Å². The lowest BCUT2D eigenvalue weighted by atomic mass is 10.1. The van der Waals surface area contributed by atoms with Gasteiger partial charge in [0.25, 0.3) is 0 Å². The molecule has 2 aromatic carbocycles. The molecule has 124 valence electrons. The second-order valence-electron chi connectivity index (χ2n) is 5.97. The van der Waals surface area contributed by atoms with E-state index in [0.29, 0.717) is 5.56 Å². The molecule has 1 amide bonds. The summed E-state index contributed by atoms with van der Waals surface area (Å²) in [4.78, 5) is 14.3. The van der Waals surface area contributed by atoms with Gasteiger partial charge in [-0.15, -0.1) is 0 Å². The van der Waals surface area contributed by atoms with Crippen LogP contribution in [0.2, 0.25) is 0 Å². The van der Waals surface area contributed by atoms with E-state index in [1.54, 1.807) is 18.2 Å². The number of hydrogen-bond acceptors (Lipinski definition) is 2. The molecule has 1 fully saturated rings. The maximum Gasteiger partial charge on any atom is 0.248 e. The summed E-state index contributed by atoms with van der Waals surface area (Å²) in [5, 5.41) is 2.82. The van der Waals surface area contributed by atoms with Crippen LogP contribution in [0.15, 0.2) is 54.6 Å². The second-order valence-corrected chi connectivity index (χ2v) is 5.97. The molecule has 0 aromatic heterocycles. The molecule has 0 radical (unpaired) electrons. The highest BCUT2D eigenvalue weighted by Gasteiger charge is 2.10. The minimum atomic E-state index is -0.314. The molecule has 0 bridgehead atoms. The molecule has 1 aliphatic heterocycles. The van der Waals surface area contributed by atoms with Crippen molar-refractivity contribution in [1.82, 2.24) is 0 Å². The molecule has 1 saturated heterocycles. The minimum Gasteiger partial charge on any atom is -0.372 e. The van der Waals surface area contributed by atoms with Crippen LogP contribution in [0.4, 0.5) is 15.8 Å². The number of anilines is 2. The van der Waals surface area contributed by atoms with Crippen molar-refractivity contribution in [2.45, 2.75) is 19.3 Å². The van der Waals surface area contributed by atoms with Gasteiger partial charge in [-0.3, -0.25) is 4.79 Å². The number of amides is 1. The fourth-order valence-corrected chi connectivity index (χ4v) is 2.87. The third kappa shape index (κ3) is 4.44. The zero-order chi connectivity index (χ0) is 16.8. The first kappa shape index (κ1) is 16.2. The van der Waals surface area contributed by atoms with Gasteiger partial charge in [0.2, 0.25) is 5.91 Å². The molecule has 3 rings (SSSR count). The van der Waals surface area contributed by atoms with Crippen LogP contribution in [0, 0.1) is 5.82 Å². The van der Waals surface area contributed by atoms with Gasteiger partial charge >= 0.3 is 0 Å². The van der Waals surface area contributed by atoms with Crippen molar-refractivity contribution in [2.24, 2.45) is 0 Å². The van der Waals surface area contributed by atoms with E-state index in [0.717, 1.165) is 18.8 Å². The highest BCUT2D eigenvalue weighted by molar-refractivity contribution is 6.02. The highest BCUT2D eigenvalue weighted by atomic mass is 19.1. The predicted molar refractivity (Wildman–Crippen MR) is 96.6 cm³/mol. The van der Waals surface area contributed by atoms with Crippen LogP contribution in [0.25, 0.3) is 6.08 Å². The Labute approximate surface area is 141 Å². The number of carbonyl (C=O) groups excluding carboxylic acids is 1. The van der Waals surface area contributed by atoms with Crippen molar-refractivity contribution in [3.05, 3.63) is 66.0 Å². The lowest BCUT2D eigenvalue weighted by Crippen LogP contribution is -2.29. The van der Waals surface area contributed by atoms with Gasteiger partial charge in [0.15, 0.2) is 0 Å². The third-order valence-electron chi connectivity index (χ3n) is 4.13. The number of benzene rings is 2. The van der Waals surface area contributed by atoms with E-state index in [1.807, 2.05) is 24.3 Å².